The van der Waals surface area contributed by atoms with Crippen molar-refractivity contribution in [1.82, 2.24) is 14.9 Å². The van der Waals surface area contributed by atoms with Crippen LogP contribution >= 0.6 is 0 Å². The third-order valence-electron chi connectivity index (χ3n) is 4.67. The summed E-state index contributed by atoms with van der Waals surface area (Å²) in [4.78, 5) is 23.4. The van der Waals surface area contributed by atoms with Crippen LogP contribution in [-0.2, 0) is 16.0 Å². The number of aromatic nitrogens is 2. The van der Waals surface area contributed by atoms with Crippen LogP contribution in [0.2, 0.25) is 0 Å². The Balaban J connectivity index is 1.49. The van der Waals surface area contributed by atoms with Crippen LogP contribution < -0.4 is 0 Å². The summed E-state index contributed by atoms with van der Waals surface area (Å²) in [6.07, 6.45) is 3.44. The second-order valence-electron chi connectivity index (χ2n) is 6.69. The highest BCUT2D eigenvalue weighted by Gasteiger charge is 2.27. The van der Waals surface area contributed by atoms with Crippen LogP contribution in [0.15, 0.2) is 41.1 Å². The van der Waals surface area contributed by atoms with Gasteiger partial charge in [0.05, 0.1) is 25.8 Å². The summed E-state index contributed by atoms with van der Waals surface area (Å²) in [5.74, 6) is 0.695. The molecule has 0 radical (unpaired) electrons. The molecular formula is C20H21N3O3. The number of carbonyl (C=O) groups excluding carboxylic acids is 1. The normalized spacial score (nSPS) is 17.6. The number of benzene rings is 1. The summed E-state index contributed by atoms with van der Waals surface area (Å²) in [7, 11) is 0. The quantitative estimate of drug-likeness (QED) is 0.726. The Morgan fingerprint density at radius 3 is 3.04 bits per heavy atom. The van der Waals surface area contributed by atoms with Crippen molar-refractivity contribution >= 4 is 16.9 Å². The SMILES string of the molecule is Cc1ccc2c(CC(=O)N3CCO[C@@H](c4nccc(C)n4)C3)coc2c1. The second kappa shape index (κ2) is 6.88. The molecule has 0 saturated carbocycles. The summed E-state index contributed by atoms with van der Waals surface area (Å²) in [5, 5.41) is 0.996. The Kier molecular flexibility index (Phi) is 4.42. The highest BCUT2D eigenvalue weighted by atomic mass is 16.5. The molecule has 1 aromatic carbocycles. The smallest absolute Gasteiger partial charge is 0.227 e. The molecular weight excluding hydrogens is 330 g/mol. The summed E-state index contributed by atoms with van der Waals surface area (Å²) < 4.78 is 11.4. The fraction of sp³-hybridized carbons (Fsp3) is 0.350. The fourth-order valence-electron chi connectivity index (χ4n) is 3.26. The molecule has 26 heavy (non-hydrogen) atoms. The van der Waals surface area contributed by atoms with E-state index in [2.05, 4.69) is 9.97 Å². The van der Waals surface area contributed by atoms with Gasteiger partial charge in [0.2, 0.25) is 5.91 Å². The predicted octanol–water partition coefficient (Wildman–Crippen LogP) is 2.98. The largest absolute Gasteiger partial charge is 0.464 e. The van der Waals surface area contributed by atoms with Crippen molar-refractivity contribution < 1.29 is 13.9 Å². The molecule has 0 aliphatic carbocycles. The van der Waals surface area contributed by atoms with Gasteiger partial charge in [-0.15, -0.1) is 0 Å². The summed E-state index contributed by atoms with van der Waals surface area (Å²) in [6.45, 7) is 5.48. The number of ether oxygens (including phenoxy) is 1. The summed E-state index contributed by atoms with van der Waals surface area (Å²) in [5.41, 5.74) is 3.77. The minimum atomic E-state index is -0.281. The van der Waals surface area contributed by atoms with E-state index in [0.29, 0.717) is 31.9 Å². The zero-order chi connectivity index (χ0) is 18.1. The molecule has 0 N–H and O–H groups in total. The Hall–Kier alpha value is -2.73. The van der Waals surface area contributed by atoms with Crippen LogP contribution in [0.5, 0.6) is 0 Å². The fourth-order valence-corrected chi connectivity index (χ4v) is 3.26. The Morgan fingerprint density at radius 2 is 2.19 bits per heavy atom. The highest BCUT2D eigenvalue weighted by molar-refractivity contribution is 5.88. The first-order valence-electron chi connectivity index (χ1n) is 8.76. The standard InChI is InChI=1S/C20H21N3O3/c1-13-3-4-16-15(12-26-17(16)9-13)10-19(24)23-7-8-25-18(11-23)20-21-6-5-14(2)22-20/h3-6,9,12,18H,7-8,10-11H2,1-2H3/t18-/m1/s1. The van der Waals surface area contributed by atoms with E-state index in [9.17, 15) is 4.79 Å². The van der Waals surface area contributed by atoms with Gasteiger partial charge < -0.3 is 14.1 Å². The number of furan rings is 1. The van der Waals surface area contributed by atoms with Crippen molar-refractivity contribution in [2.24, 2.45) is 0 Å². The third-order valence-corrected chi connectivity index (χ3v) is 4.67. The third kappa shape index (κ3) is 3.32. The zero-order valence-corrected chi connectivity index (χ0v) is 14.9. The van der Waals surface area contributed by atoms with E-state index in [-0.39, 0.29) is 12.0 Å². The number of hydrogen-bond donors (Lipinski definition) is 0. The first-order chi connectivity index (χ1) is 12.6. The zero-order valence-electron chi connectivity index (χ0n) is 14.9. The first-order valence-corrected chi connectivity index (χ1v) is 8.76. The number of amides is 1. The lowest BCUT2D eigenvalue weighted by atomic mass is 10.1. The molecule has 6 nitrogen and oxygen atoms in total. The van der Waals surface area contributed by atoms with Crippen LogP contribution in [0, 0.1) is 13.8 Å². The maximum Gasteiger partial charge on any atom is 0.227 e. The molecule has 2 aromatic heterocycles. The topological polar surface area (TPSA) is 68.5 Å². The van der Waals surface area contributed by atoms with Crippen molar-refractivity contribution in [2.45, 2.75) is 26.4 Å². The molecule has 1 amide bonds. The number of nitrogens with zero attached hydrogens (tertiary/aromatic N) is 3. The van der Waals surface area contributed by atoms with Crippen LogP contribution in [-0.4, -0.2) is 40.5 Å². The second-order valence-corrected chi connectivity index (χ2v) is 6.69. The van der Waals surface area contributed by atoms with E-state index in [4.69, 9.17) is 9.15 Å². The summed E-state index contributed by atoms with van der Waals surface area (Å²) in [6, 6.07) is 7.88. The van der Waals surface area contributed by atoms with E-state index < -0.39 is 0 Å². The molecule has 1 aliphatic rings. The molecule has 1 saturated heterocycles. The number of hydrogen-bond acceptors (Lipinski definition) is 5. The van der Waals surface area contributed by atoms with Crippen molar-refractivity contribution in [3.8, 4) is 0 Å². The van der Waals surface area contributed by atoms with Crippen LogP contribution in [0.4, 0.5) is 0 Å². The molecule has 4 rings (SSSR count). The minimum absolute atomic E-state index is 0.0641. The lowest BCUT2D eigenvalue weighted by Gasteiger charge is -2.32. The molecule has 1 fully saturated rings. The van der Waals surface area contributed by atoms with Gasteiger partial charge in [-0.05, 0) is 31.5 Å². The molecule has 134 valence electrons. The van der Waals surface area contributed by atoms with Crippen molar-refractivity contribution in [3.05, 3.63) is 59.4 Å². The van der Waals surface area contributed by atoms with Crippen LogP contribution in [0.3, 0.4) is 0 Å². The first kappa shape index (κ1) is 16.7. The van der Waals surface area contributed by atoms with Gasteiger partial charge in [-0.2, -0.15) is 0 Å². The van der Waals surface area contributed by atoms with E-state index in [1.807, 2.05) is 43.0 Å². The van der Waals surface area contributed by atoms with Gasteiger partial charge in [0.25, 0.3) is 0 Å². The predicted molar refractivity (Wildman–Crippen MR) is 96.7 cm³/mol. The summed E-state index contributed by atoms with van der Waals surface area (Å²) >= 11 is 0. The molecule has 6 heteroatoms. The van der Waals surface area contributed by atoms with E-state index in [1.165, 1.54) is 0 Å². The van der Waals surface area contributed by atoms with E-state index in [0.717, 1.165) is 27.8 Å². The Labute approximate surface area is 151 Å². The Bertz CT molecular complexity index is 950. The number of rotatable bonds is 3. The van der Waals surface area contributed by atoms with Gasteiger partial charge in [-0.3, -0.25) is 4.79 Å². The van der Waals surface area contributed by atoms with Gasteiger partial charge in [0, 0.05) is 29.4 Å². The maximum atomic E-state index is 12.8. The number of fused-ring (bicyclic) bond motifs is 1. The molecule has 0 unspecified atom stereocenters. The molecule has 3 aromatic rings. The Morgan fingerprint density at radius 1 is 1.31 bits per heavy atom. The van der Waals surface area contributed by atoms with Gasteiger partial charge >= 0.3 is 0 Å². The van der Waals surface area contributed by atoms with Gasteiger partial charge in [-0.1, -0.05) is 12.1 Å². The van der Waals surface area contributed by atoms with Crippen molar-refractivity contribution in [2.75, 3.05) is 19.7 Å². The van der Waals surface area contributed by atoms with E-state index >= 15 is 0 Å². The van der Waals surface area contributed by atoms with Crippen molar-refractivity contribution in [1.29, 1.82) is 0 Å². The van der Waals surface area contributed by atoms with Crippen LogP contribution in [0.1, 0.15) is 28.7 Å². The number of morpholine rings is 1. The molecule has 0 bridgehead atoms. The average Bonchev–Trinajstić information content (AvgIpc) is 3.03. The lowest BCUT2D eigenvalue weighted by Crippen LogP contribution is -2.43. The van der Waals surface area contributed by atoms with Crippen molar-refractivity contribution in [3.63, 3.8) is 0 Å². The molecule has 0 spiro atoms. The monoisotopic (exact) mass is 351 g/mol. The molecule has 1 aliphatic heterocycles. The van der Waals surface area contributed by atoms with Gasteiger partial charge in [0.15, 0.2) is 5.82 Å². The minimum Gasteiger partial charge on any atom is -0.464 e. The maximum absolute atomic E-state index is 12.8. The van der Waals surface area contributed by atoms with Gasteiger partial charge in [-0.25, -0.2) is 9.97 Å². The number of aryl methyl sites for hydroxylation is 2. The highest BCUT2D eigenvalue weighted by Crippen LogP contribution is 2.24. The van der Waals surface area contributed by atoms with Crippen LogP contribution in [0.25, 0.3) is 11.0 Å². The lowest BCUT2D eigenvalue weighted by molar-refractivity contribution is -0.138. The van der Waals surface area contributed by atoms with E-state index in [1.54, 1.807) is 12.5 Å². The average molecular weight is 351 g/mol. The van der Waals surface area contributed by atoms with Gasteiger partial charge in [0.1, 0.15) is 11.7 Å². The molecule has 1 atom stereocenters. The molecule has 3 heterocycles. The number of carbonyl (C=O) groups is 1.